The van der Waals surface area contributed by atoms with Crippen molar-refractivity contribution in [2.75, 3.05) is 0 Å². The molecule has 2 bridgehead atoms. The molecule has 0 aromatic heterocycles. The SMILES string of the molecule is CC1(C)[C@H]2CC(=O)O[C@]1(C)[C@@H](O)C2. The molecule has 0 radical (unpaired) electrons. The summed E-state index contributed by atoms with van der Waals surface area (Å²) in [6.45, 7) is 5.98. The summed E-state index contributed by atoms with van der Waals surface area (Å²) in [5.74, 6) is 0.108. The van der Waals surface area contributed by atoms with E-state index in [1.165, 1.54) is 0 Å². The first-order valence-corrected chi connectivity index (χ1v) is 4.78. The van der Waals surface area contributed by atoms with Crippen molar-refractivity contribution >= 4 is 5.97 Å². The Hall–Kier alpha value is -0.570. The average molecular weight is 184 g/mol. The molecule has 0 spiro atoms. The number of aliphatic hydroxyl groups excluding tert-OH is 1. The molecule has 2 rings (SSSR count). The maximum absolute atomic E-state index is 11.2. The van der Waals surface area contributed by atoms with Crippen LogP contribution in [-0.4, -0.2) is 22.8 Å². The van der Waals surface area contributed by atoms with Gasteiger partial charge in [0.2, 0.25) is 0 Å². The summed E-state index contributed by atoms with van der Waals surface area (Å²) >= 11 is 0. The highest BCUT2D eigenvalue weighted by atomic mass is 16.6. The number of rotatable bonds is 0. The Morgan fingerprint density at radius 1 is 1.46 bits per heavy atom. The zero-order chi connectivity index (χ0) is 9.85. The van der Waals surface area contributed by atoms with Crippen LogP contribution < -0.4 is 0 Å². The van der Waals surface area contributed by atoms with Crippen molar-refractivity contribution in [2.45, 2.75) is 45.3 Å². The van der Waals surface area contributed by atoms with Gasteiger partial charge in [0.15, 0.2) is 0 Å². The summed E-state index contributed by atoms with van der Waals surface area (Å²) < 4.78 is 5.30. The van der Waals surface area contributed by atoms with Gasteiger partial charge in [-0.15, -0.1) is 0 Å². The van der Waals surface area contributed by atoms with E-state index in [0.717, 1.165) is 0 Å². The zero-order valence-corrected chi connectivity index (χ0v) is 8.33. The molecule has 1 aliphatic heterocycles. The quantitative estimate of drug-likeness (QED) is 0.573. The summed E-state index contributed by atoms with van der Waals surface area (Å²) in [6, 6.07) is 0. The van der Waals surface area contributed by atoms with Crippen LogP contribution in [0.4, 0.5) is 0 Å². The van der Waals surface area contributed by atoms with Gasteiger partial charge in [0, 0.05) is 11.8 Å². The monoisotopic (exact) mass is 184 g/mol. The van der Waals surface area contributed by atoms with Gasteiger partial charge in [-0.1, -0.05) is 13.8 Å². The number of fused-ring (bicyclic) bond motifs is 2. The zero-order valence-electron chi connectivity index (χ0n) is 8.33. The highest BCUT2D eigenvalue weighted by molar-refractivity contribution is 5.72. The first-order valence-electron chi connectivity index (χ1n) is 4.78. The lowest BCUT2D eigenvalue weighted by Gasteiger charge is -2.45. The number of hydrogen-bond acceptors (Lipinski definition) is 3. The molecule has 74 valence electrons. The van der Waals surface area contributed by atoms with Crippen LogP contribution in [-0.2, 0) is 9.53 Å². The molecule has 0 aromatic carbocycles. The molecule has 2 fully saturated rings. The van der Waals surface area contributed by atoms with Gasteiger partial charge in [-0.05, 0) is 19.3 Å². The van der Waals surface area contributed by atoms with E-state index in [9.17, 15) is 9.90 Å². The molecule has 3 atom stereocenters. The molecule has 3 nitrogen and oxygen atoms in total. The van der Waals surface area contributed by atoms with Crippen LogP contribution in [0.25, 0.3) is 0 Å². The second-order valence-electron chi connectivity index (χ2n) is 4.96. The molecule has 0 amide bonds. The number of ether oxygens (including phenoxy) is 1. The number of carbonyl (C=O) groups is 1. The molecule has 1 saturated carbocycles. The van der Waals surface area contributed by atoms with E-state index < -0.39 is 11.7 Å². The molecule has 1 N–H and O–H groups in total. The van der Waals surface area contributed by atoms with Crippen molar-refractivity contribution in [3.8, 4) is 0 Å². The minimum atomic E-state index is -0.674. The Balaban J connectivity index is 2.43. The van der Waals surface area contributed by atoms with Gasteiger partial charge < -0.3 is 9.84 Å². The number of carbonyl (C=O) groups excluding carboxylic acids is 1. The summed E-state index contributed by atoms with van der Waals surface area (Å²) in [5, 5.41) is 9.83. The van der Waals surface area contributed by atoms with Crippen molar-refractivity contribution in [1.29, 1.82) is 0 Å². The van der Waals surface area contributed by atoms with Crippen molar-refractivity contribution in [3.63, 3.8) is 0 Å². The summed E-state index contributed by atoms with van der Waals surface area (Å²) in [4.78, 5) is 11.2. The van der Waals surface area contributed by atoms with Crippen LogP contribution in [0.5, 0.6) is 0 Å². The van der Waals surface area contributed by atoms with Crippen LogP contribution >= 0.6 is 0 Å². The van der Waals surface area contributed by atoms with Crippen molar-refractivity contribution in [2.24, 2.45) is 11.3 Å². The first-order chi connectivity index (χ1) is 5.88. The molecule has 1 heterocycles. The molecule has 3 heteroatoms. The largest absolute Gasteiger partial charge is 0.456 e. The first kappa shape index (κ1) is 9.00. The summed E-state index contributed by atoms with van der Waals surface area (Å²) in [6.07, 6.45) is 0.647. The topological polar surface area (TPSA) is 46.5 Å². The smallest absolute Gasteiger partial charge is 0.306 e. The summed E-state index contributed by atoms with van der Waals surface area (Å²) in [7, 11) is 0. The lowest BCUT2D eigenvalue weighted by molar-refractivity contribution is -0.195. The van der Waals surface area contributed by atoms with Crippen LogP contribution in [0.15, 0.2) is 0 Å². The molecule has 2 aliphatic rings. The van der Waals surface area contributed by atoms with Gasteiger partial charge >= 0.3 is 5.97 Å². The van der Waals surface area contributed by atoms with E-state index in [0.29, 0.717) is 12.8 Å². The fourth-order valence-electron chi connectivity index (χ4n) is 2.64. The van der Waals surface area contributed by atoms with E-state index in [1.54, 1.807) is 0 Å². The van der Waals surface area contributed by atoms with Gasteiger partial charge in [0.05, 0.1) is 6.10 Å². The predicted molar refractivity (Wildman–Crippen MR) is 47.0 cm³/mol. The van der Waals surface area contributed by atoms with Gasteiger partial charge in [0.25, 0.3) is 0 Å². The van der Waals surface area contributed by atoms with Gasteiger partial charge in [-0.25, -0.2) is 0 Å². The van der Waals surface area contributed by atoms with Crippen LogP contribution in [0.2, 0.25) is 0 Å². The Morgan fingerprint density at radius 2 is 2.08 bits per heavy atom. The molecular weight excluding hydrogens is 168 g/mol. The normalized spacial score (nSPS) is 47.5. The van der Waals surface area contributed by atoms with Crippen LogP contribution in [0.1, 0.15) is 33.6 Å². The van der Waals surface area contributed by atoms with Crippen LogP contribution in [0, 0.1) is 11.3 Å². The third kappa shape index (κ3) is 0.909. The fourth-order valence-corrected chi connectivity index (χ4v) is 2.64. The molecule has 1 saturated heterocycles. The van der Waals surface area contributed by atoms with E-state index in [2.05, 4.69) is 13.8 Å². The lowest BCUT2D eigenvalue weighted by atomic mass is 9.70. The molecule has 0 unspecified atom stereocenters. The number of esters is 1. The van der Waals surface area contributed by atoms with Crippen molar-refractivity contribution < 1.29 is 14.6 Å². The second kappa shape index (κ2) is 2.27. The maximum Gasteiger partial charge on any atom is 0.306 e. The highest BCUT2D eigenvalue weighted by Gasteiger charge is 2.63. The second-order valence-corrected chi connectivity index (χ2v) is 4.96. The van der Waals surface area contributed by atoms with E-state index in [-0.39, 0.29) is 17.3 Å². The molecule has 13 heavy (non-hydrogen) atoms. The van der Waals surface area contributed by atoms with Crippen LogP contribution in [0.3, 0.4) is 0 Å². The van der Waals surface area contributed by atoms with Crippen molar-refractivity contribution in [1.82, 2.24) is 0 Å². The molecule has 0 aromatic rings. The average Bonchev–Trinajstić information content (AvgIpc) is 2.15. The maximum atomic E-state index is 11.2. The Bertz CT molecular complexity index is 259. The highest BCUT2D eigenvalue weighted by Crippen LogP contribution is 2.56. The number of hydrogen-bond donors (Lipinski definition) is 1. The third-order valence-electron chi connectivity index (χ3n) is 4.18. The van der Waals surface area contributed by atoms with E-state index in [1.807, 2.05) is 6.92 Å². The van der Waals surface area contributed by atoms with Gasteiger partial charge in [0.1, 0.15) is 5.60 Å². The molecular formula is C10H16O3. The summed E-state index contributed by atoms with van der Waals surface area (Å²) in [5.41, 5.74) is -0.771. The van der Waals surface area contributed by atoms with Gasteiger partial charge in [-0.3, -0.25) is 4.79 Å². The van der Waals surface area contributed by atoms with Crippen molar-refractivity contribution in [3.05, 3.63) is 0 Å². The minimum absolute atomic E-state index is 0.0969. The number of aliphatic hydroxyl groups is 1. The minimum Gasteiger partial charge on any atom is -0.456 e. The van der Waals surface area contributed by atoms with Gasteiger partial charge in [-0.2, -0.15) is 0 Å². The van der Waals surface area contributed by atoms with E-state index in [4.69, 9.17) is 4.74 Å². The predicted octanol–water partition coefficient (Wildman–Crippen LogP) is 1.10. The third-order valence-corrected chi connectivity index (χ3v) is 4.18. The van der Waals surface area contributed by atoms with E-state index >= 15 is 0 Å². The fraction of sp³-hybridized carbons (Fsp3) is 0.900. The Labute approximate surface area is 78.1 Å². The Morgan fingerprint density at radius 3 is 2.62 bits per heavy atom. The standard InChI is InChI=1S/C10H16O3/c1-9(2)6-4-7(11)10(9,3)13-8(12)5-6/h6-7,11H,4-5H2,1-3H3/t6-,7+,10-/m1/s1. The Kier molecular flexibility index (Phi) is 1.57. The molecule has 1 aliphatic carbocycles. The lowest BCUT2D eigenvalue weighted by Crippen LogP contribution is -2.53.